The van der Waals surface area contributed by atoms with Gasteiger partial charge in [0.25, 0.3) is 5.91 Å². The van der Waals surface area contributed by atoms with Crippen LogP contribution >= 0.6 is 0 Å². The fraction of sp³-hybridized carbons (Fsp3) is 0.562. The summed E-state index contributed by atoms with van der Waals surface area (Å²) in [5.74, 6) is 0.763. The fourth-order valence-corrected chi connectivity index (χ4v) is 2.44. The van der Waals surface area contributed by atoms with E-state index in [-0.39, 0.29) is 5.91 Å². The topological polar surface area (TPSA) is 58.4 Å². The summed E-state index contributed by atoms with van der Waals surface area (Å²) in [4.78, 5) is 14.2. The third-order valence-electron chi connectivity index (χ3n) is 3.64. The second-order valence-electron chi connectivity index (χ2n) is 5.52. The van der Waals surface area contributed by atoms with E-state index in [1.54, 1.807) is 6.07 Å². The minimum atomic E-state index is -0.0602. The van der Waals surface area contributed by atoms with E-state index in [2.05, 4.69) is 17.1 Å². The Morgan fingerprint density at radius 2 is 2.15 bits per heavy atom. The Bertz CT molecular complexity index is 469. The molecule has 1 aromatic rings. The van der Waals surface area contributed by atoms with Crippen molar-refractivity contribution >= 4 is 17.3 Å². The van der Waals surface area contributed by atoms with Crippen LogP contribution in [0.5, 0.6) is 0 Å². The van der Waals surface area contributed by atoms with Crippen molar-refractivity contribution in [1.29, 1.82) is 0 Å². The van der Waals surface area contributed by atoms with Crippen molar-refractivity contribution < 1.29 is 4.79 Å². The fourth-order valence-electron chi connectivity index (χ4n) is 2.44. The van der Waals surface area contributed by atoms with Crippen molar-refractivity contribution in [3.8, 4) is 0 Å². The predicted molar refractivity (Wildman–Crippen MR) is 84.1 cm³/mol. The van der Waals surface area contributed by atoms with Crippen LogP contribution in [-0.4, -0.2) is 25.5 Å². The average Bonchev–Trinajstić information content (AvgIpc) is 3.22. The maximum absolute atomic E-state index is 11.8. The standard InChI is InChI=1S/C16H25N3O/c1-3-9-19(11-12-5-6-12)15-8-7-13(10-14(15)17)16(20)18-4-2/h7-8,10,12H,3-6,9,11,17H2,1-2H3,(H,18,20). The average molecular weight is 275 g/mol. The summed E-state index contributed by atoms with van der Waals surface area (Å²) >= 11 is 0. The molecular weight excluding hydrogens is 250 g/mol. The summed E-state index contributed by atoms with van der Waals surface area (Å²) in [7, 11) is 0. The molecule has 1 fully saturated rings. The normalized spacial score (nSPS) is 14.1. The first kappa shape index (κ1) is 14.7. The van der Waals surface area contributed by atoms with Crippen LogP contribution < -0.4 is 16.0 Å². The van der Waals surface area contributed by atoms with Gasteiger partial charge in [-0.3, -0.25) is 4.79 Å². The molecule has 4 nitrogen and oxygen atoms in total. The number of hydrogen-bond acceptors (Lipinski definition) is 3. The van der Waals surface area contributed by atoms with Gasteiger partial charge in [-0.2, -0.15) is 0 Å². The van der Waals surface area contributed by atoms with E-state index in [0.717, 1.165) is 31.1 Å². The summed E-state index contributed by atoms with van der Waals surface area (Å²) in [6.45, 7) is 6.82. The number of hydrogen-bond donors (Lipinski definition) is 2. The van der Waals surface area contributed by atoms with Gasteiger partial charge in [-0.1, -0.05) is 6.92 Å². The lowest BCUT2D eigenvalue weighted by atomic mass is 10.1. The highest BCUT2D eigenvalue weighted by Crippen LogP contribution is 2.33. The number of benzene rings is 1. The minimum absolute atomic E-state index is 0.0602. The quantitative estimate of drug-likeness (QED) is 0.752. The summed E-state index contributed by atoms with van der Waals surface area (Å²) in [6, 6.07) is 5.64. The van der Waals surface area contributed by atoms with Gasteiger partial charge in [-0.15, -0.1) is 0 Å². The summed E-state index contributed by atoms with van der Waals surface area (Å²) in [6.07, 6.45) is 3.76. The molecular formula is C16H25N3O. The van der Waals surface area contributed by atoms with Crippen molar-refractivity contribution in [2.75, 3.05) is 30.3 Å². The van der Waals surface area contributed by atoms with Crippen LogP contribution in [0, 0.1) is 5.92 Å². The van der Waals surface area contributed by atoms with E-state index in [0.29, 0.717) is 17.8 Å². The Morgan fingerprint density at radius 1 is 1.40 bits per heavy atom. The molecule has 1 aromatic carbocycles. The monoisotopic (exact) mass is 275 g/mol. The summed E-state index contributed by atoms with van der Waals surface area (Å²) in [5, 5.41) is 2.80. The smallest absolute Gasteiger partial charge is 0.251 e. The molecule has 1 amide bonds. The number of nitrogens with two attached hydrogens (primary N) is 1. The molecule has 110 valence electrons. The molecule has 0 aromatic heterocycles. The molecule has 0 heterocycles. The van der Waals surface area contributed by atoms with Gasteiger partial charge in [0.15, 0.2) is 0 Å². The molecule has 1 aliphatic rings. The molecule has 0 unspecified atom stereocenters. The molecule has 0 aliphatic heterocycles. The van der Waals surface area contributed by atoms with E-state index in [4.69, 9.17) is 5.73 Å². The van der Waals surface area contributed by atoms with Crippen LogP contribution in [0.15, 0.2) is 18.2 Å². The first-order valence-corrected chi connectivity index (χ1v) is 7.58. The largest absolute Gasteiger partial charge is 0.397 e. The highest BCUT2D eigenvalue weighted by atomic mass is 16.1. The van der Waals surface area contributed by atoms with Crippen LogP contribution in [0.4, 0.5) is 11.4 Å². The maximum atomic E-state index is 11.8. The minimum Gasteiger partial charge on any atom is -0.397 e. The van der Waals surface area contributed by atoms with E-state index in [1.165, 1.54) is 12.8 Å². The molecule has 0 radical (unpaired) electrons. The molecule has 0 spiro atoms. The van der Waals surface area contributed by atoms with Crippen molar-refractivity contribution in [3.63, 3.8) is 0 Å². The summed E-state index contributed by atoms with van der Waals surface area (Å²) < 4.78 is 0. The first-order valence-electron chi connectivity index (χ1n) is 7.58. The molecule has 20 heavy (non-hydrogen) atoms. The van der Waals surface area contributed by atoms with Crippen molar-refractivity contribution in [1.82, 2.24) is 5.32 Å². The Labute approximate surface area is 121 Å². The molecule has 2 rings (SSSR count). The number of rotatable bonds is 7. The van der Waals surface area contributed by atoms with Gasteiger partial charge in [0, 0.05) is 25.2 Å². The maximum Gasteiger partial charge on any atom is 0.251 e. The SMILES string of the molecule is CCCN(CC1CC1)c1ccc(C(=O)NCC)cc1N. The van der Waals surface area contributed by atoms with E-state index >= 15 is 0 Å². The molecule has 0 atom stereocenters. The number of carbonyl (C=O) groups is 1. The van der Waals surface area contributed by atoms with Gasteiger partial charge in [-0.25, -0.2) is 0 Å². The van der Waals surface area contributed by atoms with Gasteiger partial charge < -0.3 is 16.0 Å². The zero-order valence-electron chi connectivity index (χ0n) is 12.5. The van der Waals surface area contributed by atoms with Gasteiger partial charge in [0.2, 0.25) is 0 Å². The zero-order valence-corrected chi connectivity index (χ0v) is 12.5. The second-order valence-corrected chi connectivity index (χ2v) is 5.52. The highest BCUT2D eigenvalue weighted by Gasteiger charge is 2.25. The molecule has 3 N–H and O–H groups in total. The lowest BCUT2D eigenvalue weighted by molar-refractivity contribution is 0.0956. The molecule has 0 bridgehead atoms. The summed E-state index contributed by atoms with van der Waals surface area (Å²) in [5.41, 5.74) is 8.56. The number of nitrogens with one attached hydrogen (secondary N) is 1. The Kier molecular flexibility index (Phi) is 4.88. The van der Waals surface area contributed by atoms with Gasteiger partial charge >= 0.3 is 0 Å². The third-order valence-corrected chi connectivity index (χ3v) is 3.64. The molecule has 0 saturated heterocycles. The van der Waals surface area contributed by atoms with Crippen LogP contribution in [-0.2, 0) is 0 Å². The van der Waals surface area contributed by atoms with Gasteiger partial charge in [-0.05, 0) is 50.3 Å². The van der Waals surface area contributed by atoms with E-state index in [9.17, 15) is 4.79 Å². The van der Waals surface area contributed by atoms with Crippen LogP contribution in [0.25, 0.3) is 0 Å². The number of amides is 1. The van der Waals surface area contributed by atoms with Crippen molar-refractivity contribution in [2.24, 2.45) is 5.92 Å². The number of anilines is 2. The van der Waals surface area contributed by atoms with Crippen LogP contribution in [0.2, 0.25) is 0 Å². The number of carbonyl (C=O) groups excluding carboxylic acids is 1. The zero-order chi connectivity index (χ0) is 14.5. The van der Waals surface area contributed by atoms with Crippen LogP contribution in [0.3, 0.4) is 0 Å². The van der Waals surface area contributed by atoms with Gasteiger partial charge in [0.1, 0.15) is 0 Å². The highest BCUT2D eigenvalue weighted by molar-refractivity contribution is 5.96. The Morgan fingerprint density at radius 3 is 2.70 bits per heavy atom. The molecule has 1 aliphatic carbocycles. The lowest BCUT2D eigenvalue weighted by Crippen LogP contribution is -2.28. The van der Waals surface area contributed by atoms with E-state index < -0.39 is 0 Å². The number of nitrogens with zero attached hydrogens (tertiary/aromatic N) is 1. The molecule has 4 heteroatoms. The predicted octanol–water partition coefficient (Wildman–Crippen LogP) is 2.64. The van der Waals surface area contributed by atoms with Gasteiger partial charge in [0.05, 0.1) is 11.4 Å². The first-order chi connectivity index (χ1) is 9.65. The Hall–Kier alpha value is -1.71. The third kappa shape index (κ3) is 3.65. The van der Waals surface area contributed by atoms with Crippen molar-refractivity contribution in [2.45, 2.75) is 33.1 Å². The van der Waals surface area contributed by atoms with E-state index in [1.807, 2.05) is 19.1 Å². The van der Waals surface area contributed by atoms with Crippen molar-refractivity contribution in [3.05, 3.63) is 23.8 Å². The van der Waals surface area contributed by atoms with Crippen LogP contribution in [0.1, 0.15) is 43.5 Å². The lowest BCUT2D eigenvalue weighted by Gasteiger charge is -2.26. The Balaban J connectivity index is 2.15. The number of nitrogen functional groups attached to an aromatic ring is 1. The molecule has 1 saturated carbocycles. The second kappa shape index (κ2) is 6.64.